The van der Waals surface area contributed by atoms with Crippen LogP contribution in [-0.2, 0) is 0 Å². The van der Waals surface area contributed by atoms with Crippen LogP contribution in [0.15, 0.2) is 4.42 Å². The molecule has 14 heavy (non-hydrogen) atoms. The van der Waals surface area contributed by atoms with Crippen LogP contribution in [0.1, 0.15) is 37.1 Å². The molecule has 1 aliphatic heterocycles. The Morgan fingerprint density at radius 1 is 1.29 bits per heavy atom. The maximum Gasteiger partial charge on any atom is 0.233 e. The van der Waals surface area contributed by atoms with E-state index in [2.05, 4.69) is 15.5 Å². The molecule has 1 atom stereocenters. The number of aryl methyl sites for hydroxylation is 1. The summed E-state index contributed by atoms with van der Waals surface area (Å²) in [5.41, 5.74) is 0. The fourth-order valence-electron chi connectivity index (χ4n) is 1.52. The fourth-order valence-corrected chi connectivity index (χ4v) is 1.52. The molecule has 2 rings (SSSR count). The lowest BCUT2D eigenvalue weighted by Gasteiger charge is -2.19. The van der Waals surface area contributed by atoms with Crippen LogP contribution >= 0.6 is 24.8 Å². The maximum atomic E-state index is 5.34. The van der Waals surface area contributed by atoms with Crippen LogP contribution in [0, 0.1) is 6.92 Å². The first-order valence-corrected chi connectivity index (χ1v) is 4.39. The Balaban J connectivity index is 0.000000845. The minimum Gasteiger partial charge on any atom is -0.424 e. The number of hydrogen-bond donors (Lipinski definition) is 1. The van der Waals surface area contributed by atoms with E-state index < -0.39 is 0 Å². The SMILES string of the molecule is Cc1nnc(C2CCCCN2)o1.Cl.Cl. The molecule has 0 amide bonds. The summed E-state index contributed by atoms with van der Waals surface area (Å²) in [4.78, 5) is 0. The molecule has 0 aliphatic carbocycles. The number of aromatic nitrogens is 2. The average Bonchev–Trinajstić information content (AvgIpc) is 2.54. The Kier molecular flexibility index (Phi) is 6.08. The third kappa shape index (κ3) is 3.12. The van der Waals surface area contributed by atoms with Crippen LogP contribution in [0.2, 0.25) is 0 Å². The third-order valence-corrected chi connectivity index (χ3v) is 2.15. The van der Waals surface area contributed by atoms with Gasteiger partial charge < -0.3 is 9.73 Å². The summed E-state index contributed by atoms with van der Waals surface area (Å²) in [5, 5.41) is 11.1. The van der Waals surface area contributed by atoms with E-state index in [-0.39, 0.29) is 24.8 Å². The van der Waals surface area contributed by atoms with Crippen LogP contribution in [0.25, 0.3) is 0 Å². The van der Waals surface area contributed by atoms with Gasteiger partial charge in [0.25, 0.3) is 0 Å². The average molecular weight is 240 g/mol. The molecule has 0 radical (unpaired) electrons. The van der Waals surface area contributed by atoms with Gasteiger partial charge in [0.05, 0.1) is 6.04 Å². The molecule has 6 heteroatoms. The molecule has 82 valence electrons. The van der Waals surface area contributed by atoms with Gasteiger partial charge in [-0.25, -0.2) is 0 Å². The first-order chi connectivity index (χ1) is 5.86. The topological polar surface area (TPSA) is 51.0 Å². The Morgan fingerprint density at radius 3 is 2.57 bits per heavy atom. The number of hydrogen-bond acceptors (Lipinski definition) is 4. The van der Waals surface area contributed by atoms with Gasteiger partial charge in [-0.15, -0.1) is 35.0 Å². The van der Waals surface area contributed by atoms with Crippen molar-refractivity contribution in [2.75, 3.05) is 6.54 Å². The molecular weight excluding hydrogens is 225 g/mol. The Labute approximate surface area is 95.7 Å². The number of halogens is 2. The molecular formula is C8H15Cl2N3O. The highest BCUT2D eigenvalue weighted by Gasteiger charge is 2.19. The number of nitrogens with one attached hydrogen (secondary N) is 1. The van der Waals surface area contributed by atoms with Crippen molar-refractivity contribution in [3.05, 3.63) is 11.8 Å². The number of rotatable bonds is 1. The highest BCUT2D eigenvalue weighted by Crippen LogP contribution is 2.21. The molecule has 0 spiro atoms. The first-order valence-electron chi connectivity index (χ1n) is 4.39. The molecule has 0 bridgehead atoms. The summed E-state index contributed by atoms with van der Waals surface area (Å²) in [6, 6.07) is 0.292. The van der Waals surface area contributed by atoms with E-state index in [4.69, 9.17) is 4.42 Å². The van der Waals surface area contributed by atoms with Crippen molar-refractivity contribution in [1.82, 2.24) is 15.5 Å². The largest absolute Gasteiger partial charge is 0.424 e. The molecule has 2 heterocycles. The predicted molar refractivity (Wildman–Crippen MR) is 58.1 cm³/mol. The Morgan fingerprint density at radius 2 is 2.07 bits per heavy atom. The van der Waals surface area contributed by atoms with E-state index in [1.807, 2.05) is 6.92 Å². The van der Waals surface area contributed by atoms with Crippen molar-refractivity contribution in [1.29, 1.82) is 0 Å². The van der Waals surface area contributed by atoms with Crippen molar-refractivity contribution in [2.24, 2.45) is 0 Å². The van der Waals surface area contributed by atoms with Crippen molar-refractivity contribution >= 4 is 24.8 Å². The Bertz CT molecular complexity index is 261. The van der Waals surface area contributed by atoms with Gasteiger partial charge >= 0.3 is 0 Å². The van der Waals surface area contributed by atoms with Crippen molar-refractivity contribution in [3.8, 4) is 0 Å². The second-order valence-corrected chi connectivity index (χ2v) is 3.16. The van der Waals surface area contributed by atoms with Gasteiger partial charge in [0, 0.05) is 6.92 Å². The molecule has 1 saturated heterocycles. The van der Waals surface area contributed by atoms with Crippen molar-refractivity contribution in [2.45, 2.75) is 32.2 Å². The normalized spacial score (nSPS) is 20.8. The van der Waals surface area contributed by atoms with Crippen LogP contribution in [0.3, 0.4) is 0 Å². The minimum absolute atomic E-state index is 0. The highest BCUT2D eigenvalue weighted by molar-refractivity contribution is 5.85. The molecule has 1 N–H and O–H groups in total. The van der Waals surface area contributed by atoms with E-state index in [1.54, 1.807) is 0 Å². The Hall–Kier alpha value is -0.320. The zero-order valence-electron chi connectivity index (χ0n) is 8.02. The van der Waals surface area contributed by atoms with Crippen LogP contribution < -0.4 is 5.32 Å². The van der Waals surface area contributed by atoms with E-state index in [0.717, 1.165) is 18.9 Å². The zero-order valence-corrected chi connectivity index (χ0v) is 9.66. The standard InChI is InChI=1S/C8H13N3O.2ClH/c1-6-10-11-8(12-6)7-4-2-3-5-9-7;;/h7,9H,2-5H2,1H3;2*1H. The van der Waals surface area contributed by atoms with E-state index in [1.165, 1.54) is 12.8 Å². The molecule has 1 aromatic heterocycles. The lowest BCUT2D eigenvalue weighted by Crippen LogP contribution is -2.26. The molecule has 4 nitrogen and oxygen atoms in total. The van der Waals surface area contributed by atoms with Gasteiger partial charge in [-0.2, -0.15) is 0 Å². The van der Waals surface area contributed by atoms with Gasteiger partial charge in [0.2, 0.25) is 11.8 Å². The predicted octanol–water partition coefficient (Wildman–Crippen LogP) is 2.04. The molecule has 1 aromatic rings. The summed E-state index contributed by atoms with van der Waals surface area (Å²) < 4.78 is 5.34. The van der Waals surface area contributed by atoms with Gasteiger partial charge in [-0.3, -0.25) is 0 Å². The zero-order chi connectivity index (χ0) is 8.39. The van der Waals surface area contributed by atoms with Crippen molar-refractivity contribution < 1.29 is 4.42 Å². The van der Waals surface area contributed by atoms with Crippen molar-refractivity contribution in [3.63, 3.8) is 0 Å². The monoisotopic (exact) mass is 239 g/mol. The van der Waals surface area contributed by atoms with Crippen LogP contribution in [-0.4, -0.2) is 16.7 Å². The summed E-state index contributed by atoms with van der Waals surface area (Å²) in [5.74, 6) is 1.39. The summed E-state index contributed by atoms with van der Waals surface area (Å²) >= 11 is 0. The highest BCUT2D eigenvalue weighted by atomic mass is 35.5. The fraction of sp³-hybridized carbons (Fsp3) is 0.750. The lowest BCUT2D eigenvalue weighted by atomic mass is 10.1. The van der Waals surface area contributed by atoms with E-state index in [0.29, 0.717) is 11.9 Å². The second-order valence-electron chi connectivity index (χ2n) is 3.16. The summed E-state index contributed by atoms with van der Waals surface area (Å²) in [6.45, 7) is 2.88. The third-order valence-electron chi connectivity index (χ3n) is 2.15. The van der Waals surface area contributed by atoms with Gasteiger partial charge in [0.1, 0.15) is 0 Å². The number of nitrogens with zero attached hydrogens (tertiary/aromatic N) is 2. The molecule has 1 aliphatic rings. The molecule has 0 aromatic carbocycles. The lowest BCUT2D eigenvalue weighted by molar-refractivity contribution is 0.333. The minimum atomic E-state index is 0. The summed E-state index contributed by atoms with van der Waals surface area (Å²) in [6.07, 6.45) is 3.62. The smallest absolute Gasteiger partial charge is 0.233 e. The molecule has 0 saturated carbocycles. The number of piperidine rings is 1. The molecule has 1 unspecified atom stereocenters. The summed E-state index contributed by atoms with van der Waals surface area (Å²) in [7, 11) is 0. The molecule has 1 fully saturated rings. The first kappa shape index (κ1) is 13.7. The maximum absolute atomic E-state index is 5.34. The van der Waals surface area contributed by atoms with Gasteiger partial charge in [0.15, 0.2) is 0 Å². The van der Waals surface area contributed by atoms with Crippen LogP contribution in [0.5, 0.6) is 0 Å². The van der Waals surface area contributed by atoms with Gasteiger partial charge in [-0.05, 0) is 19.4 Å². The van der Waals surface area contributed by atoms with E-state index in [9.17, 15) is 0 Å². The second kappa shape index (κ2) is 6.22. The quantitative estimate of drug-likeness (QED) is 0.816. The van der Waals surface area contributed by atoms with E-state index >= 15 is 0 Å². The van der Waals surface area contributed by atoms with Crippen LogP contribution in [0.4, 0.5) is 0 Å². The van der Waals surface area contributed by atoms with Gasteiger partial charge in [-0.1, -0.05) is 6.42 Å².